The summed E-state index contributed by atoms with van der Waals surface area (Å²) in [5, 5.41) is 9.91. The molecule has 1 aliphatic rings. The van der Waals surface area contributed by atoms with Crippen LogP contribution in [0.15, 0.2) is 77.9 Å². The maximum atomic E-state index is 12.4. The average Bonchev–Trinajstić information content (AvgIpc) is 2.80. The van der Waals surface area contributed by atoms with Gasteiger partial charge in [0.05, 0.1) is 23.5 Å². The van der Waals surface area contributed by atoms with Crippen LogP contribution in [0.3, 0.4) is 0 Å². The van der Waals surface area contributed by atoms with E-state index in [9.17, 15) is 14.7 Å². The van der Waals surface area contributed by atoms with Crippen molar-refractivity contribution >= 4 is 6.09 Å². The Morgan fingerprint density at radius 2 is 1.73 bits per heavy atom. The summed E-state index contributed by atoms with van der Waals surface area (Å²) in [6, 6.07) is 19.6. The third kappa shape index (κ3) is 7.29. The van der Waals surface area contributed by atoms with Gasteiger partial charge in [0.25, 0.3) is 5.56 Å². The molecule has 1 fully saturated rings. The van der Waals surface area contributed by atoms with Crippen molar-refractivity contribution in [2.45, 2.75) is 51.4 Å². The van der Waals surface area contributed by atoms with Gasteiger partial charge >= 0.3 is 6.09 Å². The van der Waals surface area contributed by atoms with Gasteiger partial charge in [0.1, 0.15) is 6.10 Å². The molecule has 7 nitrogen and oxygen atoms in total. The zero-order chi connectivity index (χ0) is 23.8. The maximum Gasteiger partial charge on any atom is 0.410 e. The number of amides is 1. The smallest absolute Gasteiger partial charge is 0.410 e. The molecular formula is C26H31N3O4. The lowest BCUT2D eigenvalue weighted by atomic mass is 9.97. The Balaban J connectivity index is 0.000000442. The van der Waals surface area contributed by atoms with Crippen molar-refractivity contribution in [2.24, 2.45) is 0 Å². The first kappa shape index (κ1) is 24.2. The van der Waals surface area contributed by atoms with Crippen molar-refractivity contribution in [3.63, 3.8) is 0 Å². The lowest BCUT2D eigenvalue weighted by Gasteiger charge is -2.37. The van der Waals surface area contributed by atoms with Crippen LogP contribution in [0, 0.1) is 0 Å². The highest BCUT2D eigenvalue weighted by atomic mass is 16.6. The largest absolute Gasteiger partial charge is 0.446 e. The highest BCUT2D eigenvalue weighted by molar-refractivity contribution is 5.69. The summed E-state index contributed by atoms with van der Waals surface area (Å²) in [6.45, 7) is 5.98. The molecule has 4 rings (SSSR count). The summed E-state index contributed by atoms with van der Waals surface area (Å²) in [7, 11) is 0. The van der Waals surface area contributed by atoms with E-state index in [0.717, 1.165) is 11.1 Å². The zero-order valence-corrected chi connectivity index (χ0v) is 19.3. The van der Waals surface area contributed by atoms with E-state index < -0.39 is 5.60 Å². The van der Waals surface area contributed by atoms with E-state index in [1.165, 1.54) is 6.20 Å². The molecular weight excluding hydrogens is 418 g/mol. The van der Waals surface area contributed by atoms with E-state index in [0.29, 0.717) is 25.1 Å². The minimum atomic E-state index is -0.857. The number of carbonyl (C=O) groups is 1. The number of H-pyrrole nitrogens is 1. The molecule has 174 valence electrons. The molecule has 1 saturated heterocycles. The topological polar surface area (TPSA) is 95.5 Å². The van der Waals surface area contributed by atoms with Gasteiger partial charge in [0.15, 0.2) is 0 Å². The summed E-state index contributed by atoms with van der Waals surface area (Å²) >= 11 is 0. The normalized spacial score (nSPS) is 16.9. The monoisotopic (exact) mass is 449 g/mol. The van der Waals surface area contributed by atoms with Crippen LogP contribution in [0.5, 0.6) is 0 Å². The zero-order valence-electron chi connectivity index (χ0n) is 19.3. The first-order valence-electron chi connectivity index (χ1n) is 11.1. The third-order valence-corrected chi connectivity index (χ3v) is 5.42. The highest BCUT2D eigenvalue weighted by Crippen LogP contribution is 2.29. The first-order chi connectivity index (χ1) is 15.7. The van der Waals surface area contributed by atoms with E-state index in [1.807, 2.05) is 67.6 Å². The minimum absolute atomic E-state index is 0.127. The van der Waals surface area contributed by atoms with Crippen molar-refractivity contribution in [3.8, 4) is 11.3 Å². The number of aromatic nitrogens is 2. The number of hydrogen-bond donors (Lipinski definition) is 2. The number of aromatic amines is 1. The van der Waals surface area contributed by atoms with Crippen LogP contribution >= 0.6 is 0 Å². The van der Waals surface area contributed by atoms with Crippen LogP contribution in [0.4, 0.5) is 4.79 Å². The third-order valence-electron chi connectivity index (χ3n) is 5.42. The molecule has 0 radical (unpaired) electrons. The first-order valence-corrected chi connectivity index (χ1v) is 11.1. The summed E-state index contributed by atoms with van der Waals surface area (Å²) in [5.41, 5.74) is 1.45. The van der Waals surface area contributed by atoms with Gasteiger partial charge in [-0.3, -0.25) is 4.79 Å². The fraction of sp³-hybridized carbons (Fsp3) is 0.346. The van der Waals surface area contributed by atoms with Crippen LogP contribution in [0.2, 0.25) is 0 Å². The van der Waals surface area contributed by atoms with E-state index >= 15 is 0 Å². The second-order valence-electron chi connectivity index (χ2n) is 8.75. The van der Waals surface area contributed by atoms with Gasteiger partial charge in [0.2, 0.25) is 0 Å². The molecule has 1 amide bonds. The Labute approximate surface area is 194 Å². The van der Waals surface area contributed by atoms with E-state index in [-0.39, 0.29) is 23.8 Å². The van der Waals surface area contributed by atoms with Gasteiger partial charge < -0.3 is 19.7 Å². The number of ether oxygens (including phenoxy) is 1. The molecule has 2 aromatic carbocycles. The van der Waals surface area contributed by atoms with Gasteiger partial charge in [-0.1, -0.05) is 60.7 Å². The molecule has 0 saturated carbocycles. The molecule has 1 aliphatic heterocycles. The average molecular weight is 450 g/mol. The van der Waals surface area contributed by atoms with Crippen LogP contribution < -0.4 is 5.56 Å². The van der Waals surface area contributed by atoms with Gasteiger partial charge in [-0.15, -0.1) is 0 Å². The van der Waals surface area contributed by atoms with Gasteiger partial charge in [0, 0.05) is 31.1 Å². The van der Waals surface area contributed by atoms with Crippen molar-refractivity contribution < 1.29 is 14.6 Å². The van der Waals surface area contributed by atoms with Gasteiger partial charge in [-0.2, -0.15) is 0 Å². The number of rotatable bonds is 5. The molecule has 2 atom stereocenters. The molecule has 3 aromatic rings. The molecule has 1 unspecified atom stereocenters. The number of carbonyl (C=O) groups excluding carboxylic acids is 1. The Kier molecular flexibility index (Phi) is 8.01. The molecule has 2 heterocycles. The number of cyclic esters (lactones) is 1. The Hall–Kier alpha value is -3.45. The van der Waals surface area contributed by atoms with Crippen LogP contribution in [0.25, 0.3) is 11.3 Å². The summed E-state index contributed by atoms with van der Waals surface area (Å²) in [5.74, 6) is 0. The van der Waals surface area contributed by atoms with Gasteiger partial charge in [-0.05, 0) is 26.3 Å². The Morgan fingerprint density at radius 1 is 1.12 bits per heavy atom. The standard InChI is InChI=1S/C20H25N3O4.C6H6/c1-13(23-9-8-16(27-19(23)25)10-20(2,3)26)14-4-6-15(7-5-14)17-11-22-18(24)12-21-17;1-2-4-6-5-3-1/h4-7,11-13,16,26H,8-10H2,1-3H3,(H,22,24);1-6H/t13?,16-;/m0./s1. The van der Waals surface area contributed by atoms with Crippen LogP contribution in [-0.2, 0) is 4.74 Å². The van der Waals surface area contributed by atoms with E-state index in [2.05, 4.69) is 9.97 Å². The number of benzene rings is 2. The Morgan fingerprint density at radius 3 is 2.21 bits per heavy atom. The molecule has 33 heavy (non-hydrogen) atoms. The molecule has 7 heteroatoms. The predicted molar refractivity (Wildman–Crippen MR) is 128 cm³/mol. The highest BCUT2D eigenvalue weighted by Gasteiger charge is 2.33. The molecule has 0 bridgehead atoms. The van der Waals surface area contributed by atoms with E-state index in [4.69, 9.17) is 4.74 Å². The second-order valence-corrected chi connectivity index (χ2v) is 8.75. The van der Waals surface area contributed by atoms with E-state index in [1.54, 1.807) is 24.9 Å². The minimum Gasteiger partial charge on any atom is -0.446 e. The van der Waals surface area contributed by atoms with Crippen molar-refractivity contribution in [1.82, 2.24) is 14.9 Å². The Bertz CT molecular complexity index is 1030. The number of nitrogens with zero attached hydrogens (tertiary/aromatic N) is 2. The fourth-order valence-corrected chi connectivity index (χ4v) is 3.69. The van der Waals surface area contributed by atoms with Gasteiger partial charge in [-0.25, -0.2) is 9.78 Å². The lowest BCUT2D eigenvalue weighted by Crippen LogP contribution is -2.45. The number of aliphatic hydroxyl groups is 1. The predicted octanol–water partition coefficient (Wildman–Crippen LogP) is 4.56. The quantitative estimate of drug-likeness (QED) is 0.596. The maximum absolute atomic E-state index is 12.4. The lowest BCUT2D eigenvalue weighted by molar-refractivity contribution is -0.0309. The molecule has 1 aromatic heterocycles. The summed E-state index contributed by atoms with van der Waals surface area (Å²) in [4.78, 5) is 31.9. The van der Waals surface area contributed by atoms with Crippen molar-refractivity contribution in [3.05, 3.63) is 89.0 Å². The molecule has 0 aliphatic carbocycles. The number of nitrogens with one attached hydrogen (secondary N) is 1. The summed E-state index contributed by atoms with van der Waals surface area (Å²) < 4.78 is 5.51. The SMILES string of the molecule is CC(c1ccc(-c2c[nH]c(=O)cn2)cc1)N1CC[C@@H](CC(C)(C)O)OC1=O.c1ccccc1. The molecule has 0 spiro atoms. The summed E-state index contributed by atoms with van der Waals surface area (Å²) in [6.07, 6.45) is 3.34. The van der Waals surface area contributed by atoms with Crippen LogP contribution in [-0.4, -0.2) is 44.3 Å². The van der Waals surface area contributed by atoms with Crippen LogP contribution in [0.1, 0.15) is 45.2 Å². The number of hydrogen-bond acceptors (Lipinski definition) is 5. The van der Waals surface area contributed by atoms with Crippen molar-refractivity contribution in [1.29, 1.82) is 0 Å². The molecule has 2 N–H and O–H groups in total. The second kappa shape index (κ2) is 10.9. The fourth-order valence-electron chi connectivity index (χ4n) is 3.69. The van der Waals surface area contributed by atoms with Crippen molar-refractivity contribution in [2.75, 3.05) is 6.54 Å².